The van der Waals surface area contributed by atoms with Gasteiger partial charge in [-0.25, -0.2) is 4.39 Å². The first-order chi connectivity index (χ1) is 7.29. The highest BCUT2D eigenvalue weighted by atomic mass is 35.5. The van der Waals surface area contributed by atoms with Crippen molar-refractivity contribution in [2.75, 3.05) is 5.88 Å². The van der Waals surface area contributed by atoms with E-state index in [2.05, 4.69) is 0 Å². The maximum atomic E-state index is 13.3. The van der Waals surface area contributed by atoms with E-state index in [-0.39, 0.29) is 27.3 Å². The quantitative estimate of drug-likeness (QED) is 0.451. The molecule has 88 valence electrons. The Morgan fingerprint density at radius 2 is 1.94 bits per heavy atom. The van der Waals surface area contributed by atoms with E-state index in [1.165, 1.54) is 6.07 Å². The van der Waals surface area contributed by atoms with Crippen molar-refractivity contribution in [3.63, 3.8) is 0 Å². The van der Waals surface area contributed by atoms with Crippen LogP contribution in [-0.2, 0) is 0 Å². The van der Waals surface area contributed by atoms with Crippen LogP contribution in [0.2, 0.25) is 10.0 Å². The molecule has 0 spiro atoms. The zero-order valence-electron chi connectivity index (χ0n) is 8.78. The van der Waals surface area contributed by atoms with Gasteiger partial charge in [0.1, 0.15) is 5.82 Å². The van der Waals surface area contributed by atoms with E-state index >= 15 is 0 Å². The Balaban J connectivity index is 3.29. The zero-order chi connectivity index (χ0) is 12.5. The van der Waals surface area contributed by atoms with E-state index in [1.807, 2.05) is 0 Å². The van der Waals surface area contributed by atoms with E-state index in [0.717, 1.165) is 6.07 Å². The first-order valence-corrected chi connectivity index (χ1v) is 5.84. The molecule has 0 amide bonds. The number of rotatable bonds is 3. The van der Waals surface area contributed by atoms with Gasteiger partial charge < -0.3 is 0 Å². The summed E-state index contributed by atoms with van der Waals surface area (Å²) >= 11 is 17.1. The summed E-state index contributed by atoms with van der Waals surface area (Å²) in [6, 6.07) is 2.41. The molecule has 0 saturated carbocycles. The van der Waals surface area contributed by atoms with Crippen molar-refractivity contribution < 1.29 is 9.18 Å². The van der Waals surface area contributed by atoms with Crippen molar-refractivity contribution in [1.82, 2.24) is 0 Å². The van der Waals surface area contributed by atoms with Crippen LogP contribution in [0.1, 0.15) is 24.2 Å². The van der Waals surface area contributed by atoms with Crippen molar-refractivity contribution in [3.8, 4) is 0 Å². The average molecular weight is 284 g/mol. The van der Waals surface area contributed by atoms with Crippen LogP contribution in [0.4, 0.5) is 4.39 Å². The summed E-state index contributed by atoms with van der Waals surface area (Å²) in [6.07, 6.45) is 0. The third-order valence-corrected chi connectivity index (χ3v) is 3.46. The second-order valence-electron chi connectivity index (χ2n) is 4.10. The van der Waals surface area contributed by atoms with Crippen molar-refractivity contribution in [3.05, 3.63) is 33.6 Å². The Kier molecular flexibility index (Phi) is 4.22. The van der Waals surface area contributed by atoms with Gasteiger partial charge in [0.2, 0.25) is 0 Å². The van der Waals surface area contributed by atoms with Crippen molar-refractivity contribution >= 4 is 40.6 Å². The topological polar surface area (TPSA) is 17.1 Å². The number of alkyl halides is 1. The molecular formula is C11H10Cl3FO. The fourth-order valence-corrected chi connectivity index (χ4v) is 1.67. The van der Waals surface area contributed by atoms with E-state index < -0.39 is 11.2 Å². The van der Waals surface area contributed by atoms with Gasteiger partial charge in [-0.3, -0.25) is 4.79 Å². The van der Waals surface area contributed by atoms with Crippen LogP contribution < -0.4 is 0 Å². The number of benzene rings is 1. The lowest BCUT2D eigenvalue weighted by atomic mass is 9.86. The van der Waals surface area contributed by atoms with Crippen LogP contribution in [0.5, 0.6) is 0 Å². The molecular weight excluding hydrogens is 273 g/mol. The molecule has 0 aliphatic heterocycles. The summed E-state index contributed by atoms with van der Waals surface area (Å²) in [5.74, 6) is -0.909. The number of hydrogen-bond acceptors (Lipinski definition) is 1. The Labute approximate surface area is 108 Å². The minimum atomic E-state index is -0.803. The van der Waals surface area contributed by atoms with Crippen LogP contribution in [-0.4, -0.2) is 11.7 Å². The van der Waals surface area contributed by atoms with E-state index in [4.69, 9.17) is 34.8 Å². The molecule has 0 atom stereocenters. The summed E-state index contributed by atoms with van der Waals surface area (Å²) in [7, 11) is 0. The summed E-state index contributed by atoms with van der Waals surface area (Å²) in [5.41, 5.74) is -0.736. The lowest BCUT2D eigenvalue weighted by Gasteiger charge is -2.20. The predicted molar refractivity (Wildman–Crippen MR) is 65.3 cm³/mol. The first kappa shape index (κ1) is 13.8. The largest absolute Gasteiger partial charge is 0.293 e. The molecule has 0 radical (unpaired) electrons. The minimum absolute atomic E-state index is 0.0670. The lowest BCUT2D eigenvalue weighted by molar-refractivity contribution is 0.0861. The Morgan fingerprint density at radius 3 is 2.44 bits per heavy atom. The van der Waals surface area contributed by atoms with Crippen LogP contribution >= 0.6 is 34.8 Å². The van der Waals surface area contributed by atoms with Crippen molar-refractivity contribution in [1.29, 1.82) is 0 Å². The van der Waals surface area contributed by atoms with Gasteiger partial charge in [0.15, 0.2) is 5.78 Å². The van der Waals surface area contributed by atoms with Crippen LogP contribution in [0, 0.1) is 11.2 Å². The molecule has 1 aromatic rings. The molecule has 0 fully saturated rings. The highest BCUT2D eigenvalue weighted by molar-refractivity contribution is 6.36. The second-order valence-corrected chi connectivity index (χ2v) is 5.18. The average Bonchev–Trinajstić information content (AvgIpc) is 2.22. The van der Waals surface area contributed by atoms with Gasteiger partial charge in [-0.05, 0) is 12.1 Å². The lowest BCUT2D eigenvalue weighted by Crippen LogP contribution is -2.26. The van der Waals surface area contributed by atoms with Gasteiger partial charge in [0.05, 0.1) is 5.02 Å². The SMILES string of the molecule is CC(C)(CCl)C(=O)c1cc(Cl)cc(F)c1Cl. The standard InChI is InChI=1S/C11H10Cl3FO/c1-11(2,5-12)10(16)7-3-6(13)4-8(15)9(7)14/h3-4H,5H2,1-2H3. The molecule has 0 unspecified atom stereocenters. The number of carbonyl (C=O) groups is 1. The third kappa shape index (κ3) is 2.68. The van der Waals surface area contributed by atoms with Crippen LogP contribution in [0.15, 0.2) is 12.1 Å². The van der Waals surface area contributed by atoms with E-state index in [0.29, 0.717) is 0 Å². The molecule has 5 heteroatoms. The number of Topliss-reactive ketones (excluding diaryl/α,β-unsaturated/α-hetero) is 1. The van der Waals surface area contributed by atoms with Gasteiger partial charge in [0.25, 0.3) is 0 Å². The van der Waals surface area contributed by atoms with Crippen LogP contribution in [0.25, 0.3) is 0 Å². The Morgan fingerprint density at radius 1 is 1.38 bits per heavy atom. The molecule has 0 aliphatic rings. The normalized spacial score (nSPS) is 11.6. The second kappa shape index (κ2) is 4.91. The number of ketones is 1. The van der Waals surface area contributed by atoms with Crippen LogP contribution in [0.3, 0.4) is 0 Å². The molecule has 1 rings (SSSR count). The molecule has 1 aromatic carbocycles. The molecule has 0 bridgehead atoms. The summed E-state index contributed by atoms with van der Waals surface area (Å²) in [4.78, 5) is 12.0. The number of halogens is 4. The molecule has 1 nitrogen and oxygen atoms in total. The van der Waals surface area contributed by atoms with Gasteiger partial charge >= 0.3 is 0 Å². The molecule has 0 aromatic heterocycles. The summed E-state index contributed by atoms with van der Waals surface area (Å²) in [6.45, 7) is 3.33. The van der Waals surface area contributed by atoms with E-state index in [1.54, 1.807) is 13.8 Å². The maximum Gasteiger partial charge on any atom is 0.171 e. The zero-order valence-corrected chi connectivity index (χ0v) is 11.0. The smallest absolute Gasteiger partial charge is 0.171 e. The number of carbonyl (C=O) groups excluding carboxylic acids is 1. The van der Waals surface area contributed by atoms with Gasteiger partial charge in [-0.1, -0.05) is 37.0 Å². The molecule has 16 heavy (non-hydrogen) atoms. The number of hydrogen-bond donors (Lipinski definition) is 0. The van der Waals surface area contributed by atoms with Crippen molar-refractivity contribution in [2.24, 2.45) is 5.41 Å². The van der Waals surface area contributed by atoms with Crippen molar-refractivity contribution in [2.45, 2.75) is 13.8 Å². The molecule has 0 saturated heterocycles. The fourth-order valence-electron chi connectivity index (χ4n) is 1.15. The summed E-state index contributed by atoms with van der Waals surface area (Å²) in [5, 5.41) is -0.0804. The van der Waals surface area contributed by atoms with Gasteiger partial charge in [-0.2, -0.15) is 0 Å². The highest BCUT2D eigenvalue weighted by Gasteiger charge is 2.30. The fraction of sp³-hybridized carbons (Fsp3) is 0.364. The maximum absolute atomic E-state index is 13.3. The molecule has 0 heterocycles. The highest BCUT2D eigenvalue weighted by Crippen LogP contribution is 2.31. The predicted octanol–water partition coefficient (Wildman–Crippen LogP) is 4.58. The minimum Gasteiger partial charge on any atom is -0.293 e. The molecule has 0 aliphatic carbocycles. The first-order valence-electron chi connectivity index (χ1n) is 4.55. The van der Waals surface area contributed by atoms with E-state index in [9.17, 15) is 9.18 Å². The third-order valence-electron chi connectivity index (χ3n) is 2.19. The Hall–Kier alpha value is -0.310. The molecule has 0 N–H and O–H groups in total. The van der Waals surface area contributed by atoms with Gasteiger partial charge in [0, 0.05) is 21.9 Å². The van der Waals surface area contributed by atoms with Gasteiger partial charge in [-0.15, -0.1) is 11.6 Å². The monoisotopic (exact) mass is 282 g/mol. The Bertz CT molecular complexity index is 429. The summed E-state index contributed by atoms with van der Waals surface area (Å²) < 4.78 is 13.3.